The van der Waals surface area contributed by atoms with Crippen LogP contribution < -0.4 is 5.32 Å². The highest BCUT2D eigenvalue weighted by atomic mass is 32.2. The van der Waals surface area contributed by atoms with E-state index in [-0.39, 0.29) is 17.8 Å². The van der Waals surface area contributed by atoms with Crippen LogP contribution in [0.1, 0.15) is 53.9 Å². The Morgan fingerprint density at radius 2 is 1.62 bits per heavy atom. The van der Waals surface area contributed by atoms with E-state index in [9.17, 15) is 8.42 Å². The minimum Gasteiger partial charge on any atom is -0.307 e. The zero-order chi connectivity index (χ0) is 27.1. The summed E-state index contributed by atoms with van der Waals surface area (Å²) < 4.78 is 26.6. The summed E-state index contributed by atoms with van der Waals surface area (Å²) in [5, 5.41) is 3.45. The lowest BCUT2D eigenvalue weighted by atomic mass is 9.90. The van der Waals surface area contributed by atoms with Crippen LogP contribution in [0.25, 0.3) is 0 Å². The lowest BCUT2D eigenvalue weighted by molar-refractivity contribution is 0.127. The van der Waals surface area contributed by atoms with Crippen LogP contribution in [0.5, 0.6) is 0 Å². The fourth-order valence-corrected chi connectivity index (χ4v) is 7.02. The summed E-state index contributed by atoms with van der Waals surface area (Å²) in [5.41, 5.74) is 5.74. The Hall–Kier alpha value is -3.39. The third-order valence-corrected chi connectivity index (χ3v) is 9.36. The SMILES string of the molecule is CC(CS(=O)(=O)c1ccccc1)N(Cc1ccc(CNCc2ccccn2)cc1)C1CCCc2cccnc21. The molecule has 4 aromatic rings. The Morgan fingerprint density at radius 1 is 0.872 bits per heavy atom. The van der Waals surface area contributed by atoms with Crippen molar-refractivity contribution in [1.29, 1.82) is 0 Å². The van der Waals surface area contributed by atoms with Gasteiger partial charge in [-0.05, 0) is 73.2 Å². The lowest BCUT2D eigenvalue weighted by Crippen LogP contribution is -2.41. The van der Waals surface area contributed by atoms with Crippen molar-refractivity contribution < 1.29 is 8.42 Å². The zero-order valence-corrected chi connectivity index (χ0v) is 23.2. The van der Waals surface area contributed by atoms with Crippen molar-refractivity contribution in [2.45, 2.75) is 62.8 Å². The van der Waals surface area contributed by atoms with Gasteiger partial charge in [0.05, 0.1) is 28.1 Å². The van der Waals surface area contributed by atoms with Gasteiger partial charge in [-0.3, -0.25) is 14.9 Å². The topological polar surface area (TPSA) is 75.2 Å². The molecule has 0 saturated carbocycles. The quantitative estimate of drug-likeness (QED) is 0.270. The van der Waals surface area contributed by atoms with E-state index in [1.165, 1.54) is 11.1 Å². The average Bonchev–Trinajstić information content (AvgIpc) is 2.97. The molecule has 1 N–H and O–H groups in total. The van der Waals surface area contributed by atoms with Crippen LogP contribution in [0.4, 0.5) is 0 Å². The molecular weight excluding hydrogens is 504 g/mol. The summed E-state index contributed by atoms with van der Waals surface area (Å²) in [6, 6.07) is 27.4. The molecule has 1 aliphatic carbocycles. The van der Waals surface area contributed by atoms with Crippen LogP contribution in [0, 0.1) is 0 Å². The Bertz CT molecular complexity index is 1440. The highest BCUT2D eigenvalue weighted by molar-refractivity contribution is 7.91. The Morgan fingerprint density at radius 3 is 2.38 bits per heavy atom. The van der Waals surface area contributed by atoms with Crippen molar-refractivity contribution in [2.24, 2.45) is 0 Å². The summed E-state index contributed by atoms with van der Waals surface area (Å²) in [4.78, 5) is 11.9. The number of hydrogen-bond donors (Lipinski definition) is 1. The molecule has 2 unspecified atom stereocenters. The summed E-state index contributed by atoms with van der Waals surface area (Å²) >= 11 is 0. The molecule has 5 rings (SSSR count). The second-order valence-electron chi connectivity index (χ2n) is 10.3. The highest BCUT2D eigenvalue weighted by Gasteiger charge is 2.32. The van der Waals surface area contributed by atoms with Gasteiger partial charge in [-0.25, -0.2) is 8.42 Å². The van der Waals surface area contributed by atoms with Crippen molar-refractivity contribution >= 4 is 9.84 Å². The number of aryl methyl sites for hydroxylation is 1. The van der Waals surface area contributed by atoms with Crippen LogP contribution >= 0.6 is 0 Å². The van der Waals surface area contributed by atoms with Crippen molar-refractivity contribution in [3.05, 3.63) is 125 Å². The second kappa shape index (κ2) is 12.6. The maximum absolute atomic E-state index is 13.3. The van der Waals surface area contributed by atoms with E-state index < -0.39 is 9.84 Å². The number of rotatable bonds is 11. The predicted molar refractivity (Wildman–Crippen MR) is 155 cm³/mol. The van der Waals surface area contributed by atoms with Crippen molar-refractivity contribution in [1.82, 2.24) is 20.2 Å². The van der Waals surface area contributed by atoms with E-state index >= 15 is 0 Å². The summed E-state index contributed by atoms with van der Waals surface area (Å²) in [7, 11) is -3.43. The molecule has 0 saturated heterocycles. The normalized spacial score (nSPS) is 16.1. The summed E-state index contributed by atoms with van der Waals surface area (Å²) in [6.07, 6.45) is 6.72. The van der Waals surface area contributed by atoms with Crippen molar-refractivity contribution in [3.8, 4) is 0 Å². The van der Waals surface area contributed by atoms with E-state index in [0.717, 1.165) is 49.3 Å². The molecule has 6 nitrogen and oxygen atoms in total. The maximum Gasteiger partial charge on any atom is 0.179 e. The average molecular weight is 541 g/mol. The summed E-state index contributed by atoms with van der Waals surface area (Å²) in [5.74, 6) is 0.0607. The number of nitrogens with one attached hydrogen (secondary N) is 1. The van der Waals surface area contributed by atoms with Crippen molar-refractivity contribution in [3.63, 3.8) is 0 Å². The van der Waals surface area contributed by atoms with Gasteiger partial charge >= 0.3 is 0 Å². The van der Waals surface area contributed by atoms with Gasteiger partial charge in [0.15, 0.2) is 9.84 Å². The molecule has 0 aliphatic heterocycles. The molecule has 39 heavy (non-hydrogen) atoms. The molecule has 202 valence electrons. The van der Waals surface area contributed by atoms with Crippen LogP contribution in [-0.2, 0) is 35.9 Å². The van der Waals surface area contributed by atoms with E-state index in [1.54, 1.807) is 24.3 Å². The number of nitrogens with zero attached hydrogens (tertiary/aromatic N) is 3. The van der Waals surface area contributed by atoms with E-state index in [4.69, 9.17) is 4.98 Å². The molecule has 2 aromatic carbocycles. The number of pyridine rings is 2. The number of aromatic nitrogens is 2. The standard InChI is InChI=1S/C32H36N4O2S/c1-25(24-39(37,38)30-12-3-2-4-13-30)36(31-14-7-9-28-10-8-20-35-32(28)31)23-27-17-15-26(16-18-27)21-33-22-29-11-5-6-19-34-29/h2-6,8,10-13,15-20,25,31,33H,7,9,14,21-24H2,1H3. The third kappa shape index (κ3) is 6.98. The molecule has 0 fully saturated rings. The van der Waals surface area contributed by atoms with Gasteiger partial charge < -0.3 is 5.32 Å². The molecular formula is C32H36N4O2S. The second-order valence-corrected chi connectivity index (χ2v) is 12.3. The number of fused-ring (bicyclic) bond motifs is 1. The van der Waals surface area contributed by atoms with Crippen molar-refractivity contribution in [2.75, 3.05) is 5.75 Å². The van der Waals surface area contributed by atoms with Gasteiger partial charge in [-0.2, -0.15) is 0 Å². The molecule has 0 spiro atoms. The van der Waals surface area contributed by atoms with E-state index in [2.05, 4.69) is 45.5 Å². The molecule has 0 radical (unpaired) electrons. The Balaban J connectivity index is 1.33. The fourth-order valence-electron chi connectivity index (χ4n) is 5.43. The number of benzene rings is 2. The van der Waals surface area contributed by atoms with Gasteiger partial charge in [-0.1, -0.05) is 54.6 Å². The van der Waals surface area contributed by atoms with E-state index in [1.807, 2.05) is 49.6 Å². The predicted octanol–water partition coefficient (Wildman–Crippen LogP) is 5.51. The first-order valence-corrected chi connectivity index (χ1v) is 15.3. The molecule has 2 aromatic heterocycles. The van der Waals surface area contributed by atoms with Gasteiger partial charge in [-0.15, -0.1) is 0 Å². The summed E-state index contributed by atoms with van der Waals surface area (Å²) in [6.45, 7) is 4.17. The first-order chi connectivity index (χ1) is 19.0. The lowest BCUT2D eigenvalue weighted by Gasteiger charge is -2.39. The van der Waals surface area contributed by atoms with Gasteiger partial charge in [0.25, 0.3) is 0 Å². The molecule has 2 heterocycles. The van der Waals surface area contributed by atoms with Crippen LogP contribution in [0.3, 0.4) is 0 Å². The minimum absolute atomic E-state index is 0.0607. The molecule has 0 bridgehead atoms. The van der Waals surface area contributed by atoms with Crippen LogP contribution in [-0.4, -0.2) is 35.1 Å². The minimum atomic E-state index is -3.43. The maximum atomic E-state index is 13.3. The monoisotopic (exact) mass is 540 g/mol. The Kier molecular flexibility index (Phi) is 8.81. The number of hydrogen-bond acceptors (Lipinski definition) is 6. The molecule has 1 aliphatic rings. The van der Waals surface area contributed by atoms with Crippen LogP contribution in [0.2, 0.25) is 0 Å². The van der Waals surface area contributed by atoms with E-state index in [0.29, 0.717) is 11.4 Å². The smallest absolute Gasteiger partial charge is 0.179 e. The number of sulfone groups is 1. The van der Waals surface area contributed by atoms with Crippen LogP contribution in [0.15, 0.2) is 102 Å². The zero-order valence-electron chi connectivity index (χ0n) is 22.4. The highest BCUT2D eigenvalue weighted by Crippen LogP contribution is 2.35. The van der Waals surface area contributed by atoms with Gasteiger partial charge in [0, 0.05) is 38.1 Å². The molecule has 7 heteroatoms. The first kappa shape index (κ1) is 27.2. The molecule has 0 amide bonds. The third-order valence-electron chi connectivity index (χ3n) is 7.44. The Labute approximate surface area is 232 Å². The van der Waals surface area contributed by atoms with Gasteiger partial charge in [0.2, 0.25) is 0 Å². The first-order valence-electron chi connectivity index (χ1n) is 13.7. The fraction of sp³-hybridized carbons (Fsp3) is 0.312. The largest absolute Gasteiger partial charge is 0.307 e. The molecule has 2 atom stereocenters. The van der Waals surface area contributed by atoms with Gasteiger partial charge in [0.1, 0.15) is 0 Å².